The molecule has 0 aliphatic carbocycles. The van der Waals surface area contributed by atoms with Crippen molar-refractivity contribution < 1.29 is 9.47 Å². The summed E-state index contributed by atoms with van der Waals surface area (Å²) in [5.74, 6) is 0.647. The van der Waals surface area contributed by atoms with Crippen molar-refractivity contribution >= 4 is 0 Å². The van der Waals surface area contributed by atoms with Gasteiger partial charge in [-0.05, 0) is 19.8 Å². The van der Waals surface area contributed by atoms with Gasteiger partial charge < -0.3 is 9.47 Å². The average Bonchev–Trinajstić information content (AvgIpc) is 2.08. The lowest BCUT2D eigenvalue weighted by molar-refractivity contribution is -0.0881. The first kappa shape index (κ1) is 9.01. The fourth-order valence-electron chi connectivity index (χ4n) is 1.22. The SMILES string of the molecule is CC(C)CC1OCC(C)(C)O1. The molecule has 1 aliphatic heterocycles. The predicted octanol–water partition coefficient (Wildman–Crippen LogP) is 2.18. The van der Waals surface area contributed by atoms with E-state index in [4.69, 9.17) is 9.47 Å². The minimum Gasteiger partial charge on any atom is -0.350 e. The van der Waals surface area contributed by atoms with Gasteiger partial charge in [0.15, 0.2) is 6.29 Å². The number of hydrogen-bond donors (Lipinski definition) is 0. The van der Waals surface area contributed by atoms with Crippen LogP contribution in [0.2, 0.25) is 0 Å². The Bertz CT molecular complexity index is 130. The molecular weight excluding hydrogens is 140 g/mol. The average molecular weight is 158 g/mol. The Morgan fingerprint density at radius 1 is 1.45 bits per heavy atom. The third-order valence-electron chi connectivity index (χ3n) is 1.73. The molecule has 1 rings (SSSR count). The van der Waals surface area contributed by atoms with Crippen molar-refractivity contribution in [3.63, 3.8) is 0 Å². The topological polar surface area (TPSA) is 18.5 Å². The van der Waals surface area contributed by atoms with Gasteiger partial charge in [-0.1, -0.05) is 13.8 Å². The van der Waals surface area contributed by atoms with Crippen LogP contribution in [0.3, 0.4) is 0 Å². The zero-order valence-corrected chi connectivity index (χ0v) is 7.89. The zero-order valence-electron chi connectivity index (χ0n) is 7.89. The first-order valence-electron chi connectivity index (χ1n) is 4.29. The molecule has 1 fully saturated rings. The predicted molar refractivity (Wildman–Crippen MR) is 44.4 cm³/mol. The molecule has 0 spiro atoms. The van der Waals surface area contributed by atoms with Crippen LogP contribution in [0.5, 0.6) is 0 Å². The summed E-state index contributed by atoms with van der Waals surface area (Å²) in [5.41, 5.74) is -0.0699. The molecule has 2 nitrogen and oxygen atoms in total. The largest absolute Gasteiger partial charge is 0.350 e. The zero-order chi connectivity index (χ0) is 8.48. The lowest BCUT2D eigenvalue weighted by Gasteiger charge is -2.16. The van der Waals surface area contributed by atoms with Gasteiger partial charge in [0.2, 0.25) is 0 Å². The van der Waals surface area contributed by atoms with E-state index in [1.807, 2.05) is 0 Å². The van der Waals surface area contributed by atoms with E-state index in [0.717, 1.165) is 13.0 Å². The van der Waals surface area contributed by atoms with Gasteiger partial charge in [0, 0.05) is 6.42 Å². The maximum atomic E-state index is 5.64. The number of hydrogen-bond acceptors (Lipinski definition) is 2. The summed E-state index contributed by atoms with van der Waals surface area (Å²) in [6.07, 6.45) is 1.04. The van der Waals surface area contributed by atoms with E-state index in [2.05, 4.69) is 27.7 Å². The van der Waals surface area contributed by atoms with E-state index >= 15 is 0 Å². The second-order valence-corrected chi connectivity index (χ2v) is 4.25. The highest BCUT2D eigenvalue weighted by Crippen LogP contribution is 2.25. The molecule has 66 valence electrons. The van der Waals surface area contributed by atoms with Crippen LogP contribution in [0.1, 0.15) is 34.1 Å². The Hall–Kier alpha value is -0.0800. The van der Waals surface area contributed by atoms with Crippen molar-refractivity contribution in [3.05, 3.63) is 0 Å². The number of rotatable bonds is 2. The molecule has 0 saturated carbocycles. The Kier molecular flexibility index (Phi) is 2.55. The molecule has 2 heteroatoms. The van der Waals surface area contributed by atoms with Crippen LogP contribution in [-0.2, 0) is 9.47 Å². The quantitative estimate of drug-likeness (QED) is 0.613. The van der Waals surface area contributed by atoms with Gasteiger partial charge in [0.05, 0.1) is 12.2 Å². The van der Waals surface area contributed by atoms with Gasteiger partial charge >= 0.3 is 0 Å². The van der Waals surface area contributed by atoms with Gasteiger partial charge in [0.25, 0.3) is 0 Å². The summed E-state index contributed by atoms with van der Waals surface area (Å²) in [6, 6.07) is 0. The van der Waals surface area contributed by atoms with Crippen molar-refractivity contribution in [2.45, 2.75) is 46.0 Å². The molecule has 0 aromatic rings. The molecule has 0 aromatic heterocycles. The van der Waals surface area contributed by atoms with E-state index in [1.165, 1.54) is 0 Å². The summed E-state index contributed by atoms with van der Waals surface area (Å²) in [4.78, 5) is 0. The van der Waals surface area contributed by atoms with Crippen molar-refractivity contribution in [1.29, 1.82) is 0 Å². The van der Waals surface area contributed by atoms with Gasteiger partial charge in [-0.3, -0.25) is 0 Å². The van der Waals surface area contributed by atoms with Crippen LogP contribution in [0.25, 0.3) is 0 Å². The molecule has 1 atom stereocenters. The van der Waals surface area contributed by atoms with Crippen LogP contribution in [-0.4, -0.2) is 18.5 Å². The molecular formula is C9H18O2. The molecule has 1 aliphatic rings. The van der Waals surface area contributed by atoms with E-state index in [-0.39, 0.29) is 11.9 Å². The third kappa shape index (κ3) is 2.80. The standard InChI is InChI=1S/C9H18O2/c1-7(2)5-8-10-6-9(3,4)11-8/h7-8H,5-6H2,1-4H3. The highest BCUT2D eigenvalue weighted by Gasteiger charge is 2.32. The Balaban J connectivity index is 2.31. The van der Waals surface area contributed by atoms with E-state index in [0.29, 0.717) is 5.92 Å². The van der Waals surface area contributed by atoms with Crippen molar-refractivity contribution in [2.75, 3.05) is 6.61 Å². The van der Waals surface area contributed by atoms with E-state index in [1.54, 1.807) is 0 Å². The molecule has 0 aromatic carbocycles. The summed E-state index contributed by atoms with van der Waals surface area (Å²) in [6.45, 7) is 9.21. The second-order valence-electron chi connectivity index (χ2n) is 4.25. The maximum Gasteiger partial charge on any atom is 0.158 e. The molecule has 11 heavy (non-hydrogen) atoms. The van der Waals surface area contributed by atoms with Gasteiger partial charge in [-0.25, -0.2) is 0 Å². The Morgan fingerprint density at radius 3 is 2.45 bits per heavy atom. The van der Waals surface area contributed by atoms with E-state index in [9.17, 15) is 0 Å². The van der Waals surface area contributed by atoms with Crippen LogP contribution in [0, 0.1) is 5.92 Å². The first-order chi connectivity index (χ1) is 4.99. The van der Waals surface area contributed by atoms with Crippen molar-refractivity contribution in [2.24, 2.45) is 5.92 Å². The monoisotopic (exact) mass is 158 g/mol. The number of ether oxygens (including phenoxy) is 2. The fraction of sp³-hybridized carbons (Fsp3) is 1.00. The molecule has 1 unspecified atom stereocenters. The summed E-state index contributed by atoms with van der Waals surface area (Å²) in [7, 11) is 0. The van der Waals surface area contributed by atoms with Crippen LogP contribution < -0.4 is 0 Å². The lowest BCUT2D eigenvalue weighted by Crippen LogP contribution is -2.23. The smallest absolute Gasteiger partial charge is 0.158 e. The van der Waals surface area contributed by atoms with Crippen LogP contribution in [0.15, 0.2) is 0 Å². The van der Waals surface area contributed by atoms with E-state index < -0.39 is 0 Å². The molecule has 0 bridgehead atoms. The molecule has 1 saturated heterocycles. The summed E-state index contributed by atoms with van der Waals surface area (Å²) >= 11 is 0. The van der Waals surface area contributed by atoms with Gasteiger partial charge in [0.1, 0.15) is 0 Å². The van der Waals surface area contributed by atoms with Gasteiger partial charge in [-0.2, -0.15) is 0 Å². The minimum absolute atomic E-state index is 0.0324. The minimum atomic E-state index is -0.0699. The van der Waals surface area contributed by atoms with Crippen LogP contribution >= 0.6 is 0 Å². The van der Waals surface area contributed by atoms with Gasteiger partial charge in [-0.15, -0.1) is 0 Å². The summed E-state index contributed by atoms with van der Waals surface area (Å²) < 4.78 is 11.1. The van der Waals surface area contributed by atoms with Crippen molar-refractivity contribution in [1.82, 2.24) is 0 Å². The Labute approximate surface area is 68.9 Å². The Morgan fingerprint density at radius 2 is 2.09 bits per heavy atom. The normalized spacial score (nSPS) is 29.7. The lowest BCUT2D eigenvalue weighted by atomic mass is 10.1. The van der Waals surface area contributed by atoms with Crippen molar-refractivity contribution in [3.8, 4) is 0 Å². The maximum absolute atomic E-state index is 5.64. The molecule has 1 heterocycles. The third-order valence-corrected chi connectivity index (χ3v) is 1.73. The molecule has 0 radical (unpaired) electrons. The van der Waals surface area contributed by atoms with Crippen LogP contribution in [0.4, 0.5) is 0 Å². The molecule has 0 N–H and O–H groups in total. The molecule has 0 amide bonds. The first-order valence-corrected chi connectivity index (χ1v) is 4.29. The fourth-order valence-corrected chi connectivity index (χ4v) is 1.22. The highest BCUT2D eigenvalue weighted by molar-refractivity contribution is 4.74. The summed E-state index contributed by atoms with van der Waals surface area (Å²) in [5, 5.41) is 0. The second kappa shape index (κ2) is 3.11. The highest BCUT2D eigenvalue weighted by atomic mass is 16.7.